The second-order valence-electron chi connectivity index (χ2n) is 12.0. The van der Waals surface area contributed by atoms with E-state index in [1.54, 1.807) is 38.1 Å². The van der Waals surface area contributed by atoms with Crippen molar-refractivity contribution < 1.29 is 43.2 Å². The molecule has 1 heterocycles. The molecule has 258 valence electrons. The van der Waals surface area contributed by atoms with Crippen molar-refractivity contribution in [2.45, 2.75) is 83.7 Å². The minimum Gasteiger partial charge on any atom is -0.494 e. The SMILES string of the molecule is CCOC(=O)C(C)c1cc(OCCCCCCCCOCCCCC2CO2)ccc1C(=O)Oc1cc(C(=O)O)ccc1-c1ccccc1. The molecule has 9 nitrogen and oxygen atoms in total. The number of carboxylic acids is 1. The van der Waals surface area contributed by atoms with E-state index in [2.05, 4.69) is 0 Å². The number of carbonyl (C=O) groups is 3. The molecule has 0 aromatic heterocycles. The highest BCUT2D eigenvalue weighted by Crippen LogP contribution is 2.33. The Morgan fingerprint density at radius 2 is 1.54 bits per heavy atom. The average molecular weight is 661 g/mol. The van der Waals surface area contributed by atoms with Crippen LogP contribution >= 0.6 is 0 Å². The molecular weight excluding hydrogens is 612 g/mol. The van der Waals surface area contributed by atoms with Crippen molar-refractivity contribution in [3.63, 3.8) is 0 Å². The predicted molar refractivity (Wildman–Crippen MR) is 183 cm³/mol. The highest BCUT2D eigenvalue weighted by Gasteiger charge is 2.26. The van der Waals surface area contributed by atoms with Crippen LogP contribution in [0, 0.1) is 0 Å². The fourth-order valence-corrected chi connectivity index (χ4v) is 5.44. The van der Waals surface area contributed by atoms with Gasteiger partial charge in [0, 0.05) is 18.8 Å². The third kappa shape index (κ3) is 11.8. The van der Waals surface area contributed by atoms with Crippen LogP contribution in [0.5, 0.6) is 11.5 Å². The fourth-order valence-electron chi connectivity index (χ4n) is 5.44. The summed E-state index contributed by atoms with van der Waals surface area (Å²) >= 11 is 0. The third-order valence-corrected chi connectivity index (χ3v) is 8.28. The zero-order valence-corrected chi connectivity index (χ0v) is 28.1. The van der Waals surface area contributed by atoms with Gasteiger partial charge in [-0.25, -0.2) is 9.59 Å². The van der Waals surface area contributed by atoms with Gasteiger partial charge in [-0.1, -0.05) is 56.0 Å². The average Bonchev–Trinajstić information content (AvgIpc) is 3.93. The summed E-state index contributed by atoms with van der Waals surface area (Å²) in [4.78, 5) is 38.1. The molecule has 1 aliphatic heterocycles. The lowest BCUT2D eigenvalue weighted by Crippen LogP contribution is -2.19. The summed E-state index contributed by atoms with van der Waals surface area (Å²) in [6, 6.07) is 18.6. The van der Waals surface area contributed by atoms with Gasteiger partial charge in [-0.15, -0.1) is 0 Å². The fraction of sp³-hybridized carbons (Fsp3) is 0.462. The van der Waals surface area contributed by atoms with E-state index >= 15 is 0 Å². The van der Waals surface area contributed by atoms with E-state index in [4.69, 9.17) is 23.7 Å². The molecule has 0 saturated carbocycles. The topological polar surface area (TPSA) is 121 Å². The lowest BCUT2D eigenvalue weighted by atomic mass is 9.95. The minimum absolute atomic E-state index is 0.0171. The Labute approximate surface area is 283 Å². The highest BCUT2D eigenvalue weighted by atomic mass is 16.6. The smallest absolute Gasteiger partial charge is 0.343 e. The van der Waals surface area contributed by atoms with E-state index in [1.807, 2.05) is 30.3 Å². The molecular formula is C39H48O9. The highest BCUT2D eigenvalue weighted by molar-refractivity contribution is 5.97. The van der Waals surface area contributed by atoms with E-state index < -0.39 is 23.8 Å². The molecule has 1 saturated heterocycles. The number of epoxide rings is 1. The second-order valence-corrected chi connectivity index (χ2v) is 12.0. The zero-order chi connectivity index (χ0) is 34.1. The van der Waals surface area contributed by atoms with Gasteiger partial charge in [-0.2, -0.15) is 0 Å². The first-order chi connectivity index (χ1) is 23.4. The molecule has 0 amide bonds. The Hall–Kier alpha value is -4.21. The van der Waals surface area contributed by atoms with E-state index in [9.17, 15) is 19.5 Å². The summed E-state index contributed by atoms with van der Waals surface area (Å²) in [6.07, 6.45) is 10.4. The minimum atomic E-state index is -1.14. The Kier molecular flexibility index (Phi) is 14.9. The standard InChI is InChI=1S/C39H48O9/c1-3-45-38(42)28(2)35-26-31(46-24-13-7-5-4-6-12-22-44-23-14-11-17-32-27-47-32)19-21-34(35)39(43)48-36-25-30(37(40)41)18-20-33(36)29-15-9-8-10-16-29/h8-10,15-16,18-21,25-26,28,32H,3-7,11-14,17,22-24,27H2,1-2H3,(H,40,41). The first-order valence-electron chi connectivity index (χ1n) is 17.1. The number of esters is 2. The van der Waals surface area contributed by atoms with Crippen LogP contribution in [0.2, 0.25) is 0 Å². The third-order valence-electron chi connectivity index (χ3n) is 8.28. The van der Waals surface area contributed by atoms with Gasteiger partial charge in [0.2, 0.25) is 0 Å². The second kappa shape index (κ2) is 19.6. The summed E-state index contributed by atoms with van der Waals surface area (Å²) in [7, 11) is 0. The number of hydrogen-bond donors (Lipinski definition) is 1. The van der Waals surface area contributed by atoms with E-state index in [-0.39, 0.29) is 23.5 Å². The molecule has 2 unspecified atom stereocenters. The molecule has 1 fully saturated rings. The Bertz CT molecular complexity index is 1470. The Balaban J connectivity index is 1.31. The maximum absolute atomic E-state index is 13.6. The number of carbonyl (C=O) groups excluding carboxylic acids is 2. The van der Waals surface area contributed by atoms with Crippen molar-refractivity contribution in [3.05, 3.63) is 83.4 Å². The first kappa shape index (κ1) is 36.6. The number of hydrogen-bond acceptors (Lipinski definition) is 8. The molecule has 4 rings (SSSR count). The van der Waals surface area contributed by atoms with Crippen LogP contribution in [0.4, 0.5) is 0 Å². The summed E-state index contributed by atoms with van der Waals surface area (Å²) < 4.78 is 28.1. The number of aromatic carboxylic acids is 1. The van der Waals surface area contributed by atoms with Gasteiger partial charge in [0.25, 0.3) is 0 Å². The van der Waals surface area contributed by atoms with Crippen molar-refractivity contribution in [2.24, 2.45) is 0 Å². The van der Waals surface area contributed by atoms with Crippen LogP contribution in [-0.4, -0.2) is 62.2 Å². The van der Waals surface area contributed by atoms with Gasteiger partial charge in [0.15, 0.2) is 0 Å². The molecule has 1 N–H and O–H groups in total. The van der Waals surface area contributed by atoms with Crippen molar-refractivity contribution >= 4 is 17.9 Å². The summed E-state index contributed by atoms with van der Waals surface area (Å²) in [5, 5.41) is 9.57. The van der Waals surface area contributed by atoms with Gasteiger partial charge < -0.3 is 28.8 Å². The van der Waals surface area contributed by atoms with E-state index in [1.165, 1.54) is 18.6 Å². The van der Waals surface area contributed by atoms with Crippen LogP contribution < -0.4 is 9.47 Å². The summed E-state index contributed by atoms with van der Waals surface area (Å²) in [5.41, 5.74) is 1.88. The molecule has 0 radical (unpaired) electrons. The quantitative estimate of drug-likeness (QED) is 0.0491. The number of rotatable bonds is 22. The molecule has 1 aliphatic rings. The maximum atomic E-state index is 13.6. The van der Waals surface area contributed by atoms with Gasteiger partial charge in [0.1, 0.15) is 11.5 Å². The monoisotopic (exact) mass is 660 g/mol. The maximum Gasteiger partial charge on any atom is 0.343 e. The zero-order valence-electron chi connectivity index (χ0n) is 28.1. The largest absolute Gasteiger partial charge is 0.494 e. The van der Waals surface area contributed by atoms with Crippen molar-refractivity contribution in [3.8, 4) is 22.6 Å². The van der Waals surface area contributed by atoms with Gasteiger partial charge in [0.05, 0.1) is 43.0 Å². The van der Waals surface area contributed by atoms with Crippen LogP contribution in [0.3, 0.4) is 0 Å². The molecule has 2 atom stereocenters. The van der Waals surface area contributed by atoms with Crippen LogP contribution in [0.15, 0.2) is 66.7 Å². The van der Waals surface area contributed by atoms with Crippen molar-refractivity contribution in [2.75, 3.05) is 33.0 Å². The summed E-state index contributed by atoms with van der Waals surface area (Å²) in [6.45, 7) is 6.69. The lowest BCUT2D eigenvalue weighted by molar-refractivity contribution is -0.144. The van der Waals surface area contributed by atoms with Gasteiger partial charge >= 0.3 is 17.9 Å². The van der Waals surface area contributed by atoms with Gasteiger partial charge in [-0.3, -0.25) is 4.79 Å². The van der Waals surface area contributed by atoms with E-state index in [0.29, 0.717) is 29.6 Å². The molecule has 0 spiro atoms. The number of benzene rings is 3. The number of ether oxygens (including phenoxy) is 5. The van der Waals surface area contributed by atoms with Crippen molar-refractivity contribution in [1.82, 2.24) is 0 Å². The molecule has 48 heavy (non-hydrogen) atoms. The molecule has 0 bridgehead atoms. The Morgan fingerprint density at radius 1 is 0.854 bits per heavy atom. The Morgan fingerprint density at radius 3 is 2.23 bits per heavy atom. The molecule has 0 aliphatic carbocycles. The molecule has 3 aromatic rings. The normalized spacial score (nSPS) is 14.2. The molecule has 9 heteroatoms. The summed E-state index contributed by atoms with van der Waals surface area (Å²) in [5.74, 6) is -2.47. The van der Waals surface area contributed by atoms with Crippen LogP contribution in [0.1, 0.15) is 104 Å². The number of carboxylic acid groups (broad SMARTS) is 1. The van der Waals surface area contributed by atoms with E-state index in [0.717, 1.165) is 76.8 Å². The van der Waals surface area contributed by atoms with Gasteiger partial charge in [-0.05, 0) is 93.5 Å². The lowest BCUT2D eigenvalue weighted by Gasteiger charge is -2.18. The molecule has 3 aromatic carbocycles. The predicted octanol–water partition coefficient (Wildman–Crippen LogP) is 8.24. The van der Waals surface area contributed by atoms with Crippen LogP contribution in [0.25, 0.3) is 11.1 Å². The first-order valence-corrected chi connectivity index (χ1v) is 17.1. The number of unbranched alkanes of at least 4 members (excludes halogenated alkanes) is 6. The van der Waals surface area contributed by atoms with Crippen LogP contribution in [-0.2, 0) is 19.0 Å². The van der Waals surface area contributed by atoms with Crippen molar-refractivity contribution in [1.29, 1.82) is 0 Å².